The zero-order valence-corrected chi connectivity index (χ0v) is 44.2. The number of hydrogen-bond donors (Lipinski definition) is 4. The fraction of sp³-hybridized carbons (Fsp3) is 0.480. The zero-order chi connectivity index (χ0) is 50.3. The number of nitrogens with one attached hydrogen (secondary N) is 4. The Morgan fingerprint density at radius 2 is 1.57 bits per heavy atom. The van der Waals surface area contributed by atoms with Gasteiger partial charge in [0.25, 0.3) is 12.2 Å². The van der Waals surface area contributed by atoms with Gasteiger partial charge in [0.15, 0.2) is 25.7 Å². The largest absolute Gasteiger partial charge is 0.414 e. The Labute approximate surface area is 417 Å². The number of carbonyl (C=O) groups excluding carboxylic acids is 1. The second-order valence-electron chi connectivity index (χ2n) is 19.8. The molecule has 2 saturated heterocycles. The fourth-order valence-electron chi connectivity index (χ4n) is 8.27. The van der Waals surface area contributed by atoms with E-state index in [1.165, 1.54) is 6.33 Å². The summed E-state index contributed by atoms with van der Waals surface area (Å²) >= 11 is 6.40. The van der Waals surface area contributed by atoms with Gasteiger partial charge in [0.2, 0.25) is 18.4 Å². The van der Waals surface area contributed by atoms with Crippen LogP contribution >= 0.6 is 6.64 Å². The van der Waals surface area contributed by atoms with E-state index in [1.54, 1.807) is 24.8 Å². The molecule has 374 valence electrons. The van der Waals surface area contributed by atoms with Crippen molar-refractivity contribution in [3.05, 3.63) is 136 Å². The van der Waals surface area contributed by atoms with Crippen molar-refractivity contribution >= 4 is 56.1 Å². The number of carbonyl (C=O) groups is 1. The van der Waals surface area contributed by atoms with E-state index in [9.17, 15) is 9.59 Å². The minimum atomic E-state index is -3.46. The van der Waals surface area contributed by atoms with E-state index in [4.69, 9.17) is 46.3 Å². The number of ether oxygens (including phenoxy) is 2. The smallest absolute Gasteiger partial charge is 0.280 e. The van der Waals surface area contributed by atoms with Crippen molar-refractivity contribution in [2.75, 3.05) is 45.8 Å². The molecule has 0 aliphatic carbocycles. The molecule has 20 heteroatoms. The maximum absolute atomic E-state index is 13.2. The van der Waals surface area contributed by atoms with Gasteiger partial charge in [0, 0.05) is 44.9 Å². The van der Waals surface area contributed by atoms with E-state index in [2.05, 4.69) is 106 Å². The molecule has 7 rings (SSSR count). The van der Waals surface area contributed by atoms with Crippen molar-refractivity contribution in [1.29, 1.82) is 0 Å². The fourth-order valence-corrected chi connectivity index (χ4v) is 11.7. The molecule has 4 N–H and O–H groups in total. The van der Waals surface area contributed by atoms with Crippen molar-refractivity contribution in [2.45, 2.75) is 108 Å². The lowest BCUT2D eigenvalue weighted by atomic mass is 9.76. The summed E-state index contributed by atoms with van der Waals surface area (Å²) in [5.74, 6) is -0.636. The van der Waals surface area contributed by atoms with Crippen molar-refractivity contribution in [3.8, 4) is 0 Å². The Kier molecular flexibility index (Phi) is 17.1. The first-order valence-corrected chi connectivity index (χ1v) is 29.2. The summed E-state index contributed by atoms with van der Waals surface area (Å²) in [5, 5.41) is 10.3. The van der Waals surface area contributed by atoms with Crippen LogP contribution in [0.5, 0.6) is 0 Å². The molecule has 2 aliphatic rings. The summed E-state index contributed by atoms with van der Waals surface area (Å²) in [6.07, 6.45) is 1.78. The second-order valence-corrected chi connectivity index (χ2v) is 27.8. The highest BCUT2D eigenvalue weighted by Crippen LogP contribution is 2.49. The van der Waals surface area contributed by atoms with Gasteiger partial charge in [-0.15, -0.1) is 0 Å². The molecule has 0 bridgehead atoms. The number of imidazole rings is 1. The normalized spacial score (nSPS) is 21.8. The number of aromatic amines is 1. The van der Waals surface area contributed by atoms with Crippen LogP contribution in [0.1, 0.15) is 70.4 Å². The number of aliphatic imine (C=N–C) groups is 1. The number of rotatable bonds is 21. The van der Waals surface area contributed by atoms with Crippen LogP contribution in [0.25, 0.3) is 16.0 Å². The number of nitrogens with zero attached hydrogens (tertiary/aromatic N) is 6. The maximum Gasteiger partial charge on any atom is 0.280 e. The van der Waals surface area contributed by atoms with Crippen LogP contribution in [0.15, 0.2) is 107 Å². The summed E-state index contributed by atoms with van der Waals surface area (Å²) < 4.78 is 35.4. The molecule has 4 heterocycles. The molecule has 7 atom stereocenters. The van der Waals surface area contributed by atoms with Crippen LogP contribution in [0.2, 0.25) is 18.1 Å². The minimum Gasteiger partial charge on any atom is -0.414 e. The summed E-state index contributed by atoms with van der Waals surface area (Å²) in [6, 6.07) is 30.3. The third kappa shape index (κ3) is 12.4. The maximum atomic E-state index is 13.2. The Bertz CT molecular complexity index is 2620. The van der Waals surface area contributed by atoms with E-state index < -0.39 is 56.8 Å². The second kappa shape index (κ2) is 22.6. The van der Waals surface area contributed by atoms with E-state index in [-0.39, 0.29) is 66.4 Å². The topological polar surface area (TPSA) is 183 Å². The highest BCUT2D eigenvalue weighted by atomic mass is 32.5. The lowest BCUT2D eigenvalue weighted by molar-refractivity contribution is -0.118. The van der Waals surface area contributed by atoms with Gasteiger partial charge >= 0.3 is 0 Å². The summed E-state index contributed by atoms with van der Waals surface area (Å²) in [5.41, 5.74) is 2.15. The number of amides is 1. The molecule has 2 aliphatic heterocycles. The molecule has 7 unspecified atom stereocenters. The van der Waals surface area contributed by atoms with Gasteiger partial charge in [0.1, 0.15) is 12.8 Å². The van der Waals surface area contributed by atoms with Crippen LogP contribution in [-0.2, 0) is 45.1 Å². The molecule has 0 spiro atoms. The highest BCUT2D eigenvalue weighted by molar-refractivity contribution is 8.09. The molecular formula is C50H67N10O7PSSi. The Balaban J connectivity index is 1.22. The Morgan fingerprint density at radius 3 is 2.13 bits per heavy atom. The molecule has 0 radical (unpaired) electrons. The quantitative estimate of drug-likeness (QED) is 0.0106. The van der Waals surface area contributed by atoms with Crippen LogP contribution in [0.3, 0.4) is 0 Å². The number of benzene rings is 3. The SMILES string of the molecule is [C-]#[N+]CCOP(=S)(NC1CC(n2cnc3c(=O)[nH]c(NC(=O)C(C)C)nc32)OC1CO[Si](C)(C)C(C)(C)C)OCC1OC(N=CN(C)C)CC1NC(c1ccccc1)(c1ccccc1)c1ccccc1. The van der Waals surface area contributed by atoms with Gasteiger partial charge in [-0.3, -0.25) is 29.8 Å². The lowest BCUT2D eigenvalue weighted by Crippen LogP contribution is -2.53. The highest BCUT2D eigenvalue weighted by Gasteiger charge is 2.47. The molecule has 3 aromatic carbocycles. The van der Waals surface area contributed by atoms with E-state index >= 15 is 0 Å². The van der Waals surface area contributed by atoms with Crippen molar-refractivity contribution in [1.82, 2.24) is 34.8 Å². The first-order chi connectivity index (χ1) is 33.3. The van der Waals surface area contributed by atoms with Gasteiger partial charge in [-0.1, -0.05) is 126 Å². The minimum absolute atomic E-state index is 0.00524. The van der Waals surface area contributed by atoms with Gasteiger partial charge in [0.05, 0.1) is 43.6 Å². The van der Waals surface area contributed by atoms with Crippen LogP contribution < -0.4 is 21.3 Å². The number of H-pyrrole nitrogens is 1. The van der Waals surface area contributed by atoms with E-state index in [0.29, 0.717) is 12.8 Å². The van der Waals surface area contributed by atoms with Gasteiger partial charge in [-0.25, -0.2) is 21.6 Å². The van der Waals surface area contributed by atoms with Crippen LogP contribution in [0.4, 0.5) is 5.95 Å². The summed E-state index contributed by atoms with van der Waals surface area (Å²) in [6.45, 7) is 18.8. The number of anilines is 1. The Hall–Kier alpha value is -4.97. The number of fused-ring (bicyclic) bond motifs is 1. The summed E-state index contributed by atoms with van der Waals surface area (Å²) in [7, 11) is 1.54. The molecule has 17 nitrogen and oxygen atoms in total. The Morgan fingerprint density at radius 1 is 0.971 bits per heavy atom. The molecule has 2 fully saturated rings. The zero-order valence-electron chi connectivity index (χ0n) is 41.5. The molecular weight excluding hydrogens is 944 g/mol. The van der Waals surface area contributed by atoms with Crippen molar-refractivity contribution in [3.63, 3.8) is 0 Å². The standard InChI is InChI=1S/C50H67N10O7PSSi/c1-34(2)46(61)55-48-54-45-44(47(62)56-48)53-33-60(45)43-29-39(41(67-43)31-65-70(9,10)49(3,4)5)58-68(69,63-27-26-51-6)64-30-40-38(28-42(66-40)52-32-59(7)8)57-50(35-20-14-11-15-21-35,36-22-16-12-17-23-36)37-24-18-13-19-25-37/h11-25,32-34,38-43,57H,26-31H2,1-5,7-10H3,(H,58,69)(H2,54,55,56,61,62). The van der Waals surface area contributed by atoms with Gasteiger partial charge in [-0.2, -0.15) is 4.98 Å². The van der Waals surface area contributed by atoms with E-state index in [1.807, 2.05) is 73.6 Å². The van der Waals surface area contributed by atoms with Gasteiger partial charge < -0.3 is 32.7 Å². The number of aromatic nitrogens is 4. The van der Waals surface area contributed by atoms with Crippen molar-refractivity contribution in [2.24, 2.45) is 10.9 Å². The first-order valence-electron chi connectivity index (χ1n) is 23.7. The van der Waals surface area contributed by atoms with Gasteiger partial charge in [-0.05, 0) is 46.6 Å². The molecule has 70 heavy (non-hydrogen) atoms. The monoisotopic (exact) mass is 1010 g/mol. The first kappa shape index (κ1) is 52.8. The molecule has 5 aromatic rings. The molecule has 2 aromatic heterocycles. The number of hydrogen-bond acceptors (Lipinski definition) is 12. The molecule has 0 saturated carbocycles. The predicted molar refractivity (Wildman–Crippen MR) is 279 cm³/mol. The van der Waals surface area contributed by atoms with E-state index in [0.717, 1.165) is 16.7 Å². The summed E-state index contributed by atoms with van der Waals surface area (Å²) in [4.78, 5) is 47.7. The third-order valence-electron chi connectivity index (χ3n) is 13.1. The third-order valence-corrected chi connectivity index (χ3v) is 20.2. The van der Waals surface area contributed by atoms with Crippen molar-refractivity contribution < 1.29 is 27.7 Å². The van der Waals surface area contributed by atoms with Crippen LogP contribution in [-0.4, -0.2) is 116 Å². The molecule has 1 amide bonds. The van der Waals surface area contributed by atoms with Crippen LogP contribution in [0, 0.1) is 12.5 Å². The average molecular weight is 1010 g/mol. The average Bonchev–Trinajstić information content (AvgIpc) is 4.06. The lowest BCUT2D eigenvalue weighted by Gasteiger charge is -2.40. The predicted octanol–water partition coefficient (Wildman–Crippen LogP) is 7.81.